The van der Waals surface area contributed by atoms with Gasteiger partial charge in [0.1, 0.15) is 11.5 Å². The molecule has 3 nitrogen and oxygen atoms in total. The van der Waals surface area contributed by atoms with E-state index in [1.807, 2.05) is 6.92 Å². The first-order valence-corrected chi connectivity index (χ1v) is 5.76. The van der Waals surface area contributed by atoms with E-state index in [-0.39, 0.29) is 11.5 Å². The van der Waals surface area contributed by atoms with Crippen LogP contribution in [0.1, 0.15) is 18.9 Å². The molecule has 19 heavy (non-hydrogen) atoms. The van der Waals surface area contributed by atoms with Crippen LogP contribution >= 0.6 is 0 Å². The topological polar surface area (TPSA) is 30.5 Å². The van der Waals surface area contributed by atoms with Gasteiger partial charge in [0, 0.05) is 18.2 Å². The molecule has 0 amide bonds. The van der Waals surface area contributed by atoms with Crippen LogP contribution in [0.3, 0.4) is 0 Å². The molecule has 0 atom stereocenters. The number of rotatable bonds is 8. The second-order valence-corrected chi connectivity index (χ2v) is 3.70. The van der Waals surface area contributed by atoms with Gasteiger partial charge in [0.15, 0.2) is 0 Å². The van der Waals surface area contributed by atoms with Crippen molar-refractivity contribution >= 4 is 0 Å². The van der Waals surface area contributed by atoms with Crippen LogP contribution in [0.2, 0.25) is 0 Å². The molecule has 0 bridgehead atoms. The van der Waals surface area contributed by atoms with E-state index in [2.05, 4.69) is 14.8 Å². The van der Waals surface area contributed by atoms with Crippen molar-refractivity contribution in [2.75, 3.05) is 6.54 Å². The number of hydrogen-bond acceptors (Lipinski definition) is 3. The minimum absolute atomic E-state index is 0.170. The Labute approximate surface area is 108 Å². The van der Waals surface area contributed by atoms with E-state index in [1.54, 1.807) is 0 Å². The SMILES string of the molecule is CCCNCc1ccc(OC(F)F)cc1OC(F)F. The van der Waals surface area contributed by atoms with E-state index in [9.17, 15) is 17.6 Å². The summed E-state index contributed by atoms with van der Waals surface area (Å²) in [5.74, 6) is -0.387. The number of halogens is 4. The fraction of sp³-hybridized carbons (Fsp3) is 0.500. The summed E-state index contributed by atoms with van der Waals surface area (Å²) in [4.78, 5) is 0. The van der Waals surface area contributed by atoms with Crippen molar-refractivity contribution in [3.63, 3.8) is 0 Å². The molecule has 0 saturated heterocycles. The van der Waals surface area contributed by atoms with Crippen LogP contribution in [0, 0.1) is 0 Å². The number of ether oxygens (including phenoxy) is 2. The highest BCUT2D eigenvalue weighted by molar-refractivity contribution is 5.40. The molecule has 1 aromatic carbocycles. The zero-order chi connectivity index (χ0) is 14.3. The second-order valence-electron chi connectivity index (χ2n) is 3.70. The maximum Gasteiger partial charge on any atom is 0.387 e. The minimum atomic E-state index is -3.02. The summed E-state index contributed by atoms with van der Waals surface area (Å²) in [5, 5.41) is 3.01. The molecule has 0 aliphatic carbocycles. The maximum atomic E-state index is 12.3. The summed E-state index contributed by atoms with van der Waals surface area (Å²) in [5.41, 5.74) is 0.454. The normalized spacial score (nSPS) is 11.1. The highest BCUT2D eigenvalue weighted by Gasteiger charge is 2.13. The van der Waals surface area contributed by atoms with Crippen LogP contribution in [-0.4, -0.2) is 19.8 Å². The van der Waals surface area contributed by atoms with Crippen molar-refractivity contribution in [2.24, 2.45) is 0 Å². The number of nitrogens with one attached hydrogen (secondary N) is 1. The molecule has 0 radical (unpaired) electrons. The largest absolute Gasteiger partial charge is 0.435 e. The molecule has 0 fully saturated rings. The van der Waals surface area contributed by atoms with Gasteiger partial charge < -0.3 is 14.8 Å². The van der Waals surface area contributed by atoms with Gasteiger partial charge in [-0.05, 0) is 19.0 Å². The van der Waals surface area contributed by atoms with Crippen LogP contribution in [0.25, 0.3) is 0 Å². The van der Waals surface area contributed by atoms with Gasteiger partial charge >= 0.3 is 13.2 Å². The number of hydrogen-bond donors (Lipinski definition) is 1. The third-order valence-corrected chi connectivity index (χ3v) is 2.22. The lowest BCUT2D eigenvalue weighted by molar-refractivity contribution is -0.0546. The van der Waals surface area contributed by atoms with Gasteiger partial charge in [-0.1, -0.05) is 13.0 Å². The molecule has 1 aromatic rings. The van der Waals surface area contributed by atoms with E-state index in [0.29, 0.717) is 18.7 Å². The molecule has 1 N–H and O–H groups in total. The fourth-order valence-electron chi connectivity index (χ4n) is 1.46. The van der Waals surface area contributed by atoms with Gasteiger partial charge in [-0.3, -0.25) is 0 Å². The smallest absolute Gasteiger partial charge is 0.387 e. The quantitative estimate of drug-likeness (QED) is 0.585. The molecule has 1 rings (SSSR count). The Morgan fingerprint density at radius 2 is 1.79 bits per heavy atom. The molecule has 0 unspecified atom stereocenters. The van der Waals surface area contributed by atoms with Crippen molar-refractivity contribution in [3.8, 4) is 11.5 Å². The highest BCUT2D eigenvalue weighted by Crippen LogP contribution is 2.27. The van der Waals surface area contributed by atoms with Crippen LogP contribution < -0.4 is 14.8 Å². The molecule has 0 heterocycles. The van der Waals surface area contributed by atoms with Gasteiger partial charge in [-0.25, -0.2) is 0 Å². The average Bonchev–Trinajstić information content (AvgIpc) is 2.30. The van der Waals surface area contributed by atoms with E-state index in [0.717, 1.165) is 12.5 Å². The Morgan fingerprint density at radius 1 is 1.11 bits per heavy atom. The zero-order valence-corrected chi connectivity index (χ0v) is 10.3. The molecule has 7 heteroatoms. The molecular weight excluding hydrogens is 266 g/mol. The molecule has 0 aromatic heterocycles. The standard InChI is InChI=1S/C12H15F4NO2/c1-2-5-17-7-8-3-4-9(18-11(13)14)6-10(8)19-12(15)16/h3-4,6,11-12,17H,2,5,7H2,1H3. The van der Waals surface area contributed by atoms with Crippen LogP contribution in [0.15, 0.2) is 18.2 Å². The Bertz CT molecular complexity index is 388. The predicted molar refractivity (Wildman–Crippen MR) is 61.7 cm³/mol. The highest BCUT2D eigenvalue weighted by atomic mass is 19.3. The predicted octanol–water partition coefficient (Wildman–Crippen LogP) is 3.39. The lowest BCUT2D eigenvalue weighted by atomic mass is 10.2. The first kappa shape index (κ1) is 15.6. The molecule has 0 aliphatic heterocycles. The Hall–Kier alpha value is -1.50. The first-order chi connectivity index (χ1) is 9.02. The summed E-state index contributed by atoms with van der Waals surface area (Å²) >= 11 is 0. The van der Waals surface area contributed by atoms with E-state index < -0.39 is 13.2 Å². The summed E-state index contributed by atoms with van der Waals surface area (Å²) in [6.07, 6.45) is 0.887. The summed E-state index contributed by atoms with van der Waals surface area (Å²) in [7, 11) is 0. The molecule has 0 saturated carbocycles. The van der Waals surface area contributed by atoms with Gasteiger partial charge in [0.25, 0.3) is 0 Å². The minimum Gasteiger partial charge on any atom is -0.435 e. The van der Waals surface area contributed by atoms with Crippen molar-refractivity contribution in [2.45, 2.75) is 33.1 Å². The van der Waals surface area contributed by atoms with Gasteiger partial charge in [0.05, 0.1) is 0 Å². The number of alkyl halides is 4. The van der Waals surface area contributed by atoms with Gasteiger partial charge in [-0.15, -0.1) is 0 Å². The Kier molecular flexibility index (Phi) is 6.41. The summed E-state index contributed by atoms with van der Waals surface area (Å²) in [6, 6.07) is 3.73. The van der Waals surface area contributed by atoms with Crippen molar-refractivity contribution in [1.82, 2.24) is 5.32 Å². The third kappa shape index (κ3) is 5.78. The summed E-state index contributed by atoms with van der Waals surface area (Å²) < 4.78 is 57.0. The summed E-state index contributed by atoms with van der Waals surface area (Å²) in [6.45, 7) is -3.05. The zero-order valence-electron chi connectivity index (χ0n) is 10.3. The number of benzene rings is 1. The lowest BCUT2D eigenvalue weighted by Gasteiger charge is -2.13. The molecule has 108 valence electrons. The van der Waals surface area contributed by atoms with Crippen LogP contribution in [-0.2, 0) is 6.54 Å². The second kappa shape index (κ2) is 7.83. The Morgan fingerprint density at radius 3 is 2.37 bits per heavy atom. The van der Waals surface area contributed by atoms with E-state index in [4.69, 9.17) is 0 Å². The van der Waals surface area contributed by atoms with Gasteiger partial charge in [-0.2, -0.15) is 17.6 Å². The van der Waals surface area contributed by atoms with E-state index in [1.165, 1.54) is 12.1 Å². The average molecular weight is 281 g/mol. The third-order valence-electron chi connectivity index (χ3n) is 2.22. The van der Waals surface area contributed by atoms with Gasteiger partial charge in [0.2, 0.25) is 0 Å². The molecule has 0 aliphatic rings. The van der Waals surface area contributed by atoms with Crippen LogP contribution in [0.4, 0.5) is 17.6 Å². The van der Waals surface area contributed by atoms with Crippen molar-refractivity contribution in [1.29, 1.82) is 0 Å². The fourth-order valence-corrected chi connectivity index (χ4v) is 1.46. The first-order valence-electron chi connectivity index (χ1n) is 5.76. The lowest BCUT2D eigenvalue weighted by Crippen LogP contribution is -2.15. The molecule has 0 spiro atoms. The Balaban J connectivity index is 2.82. The van der Waals surface area contributed by atoms with Crippen molar-refractivity contribution < 1.29 is 27.0 Å². The maximum absolute atomic E-state index is 12.3. The van der Waals surface area contributed by atoms with Crippen molar-refractivity contribution in [3.05, 3.63) is 23.8 Å². The monoisotopic (exact) mass is 281 g/mol. The van der Waals surface area contributed by atoms with Crippen LogP contribution in [0.5, 0.6) is 11.5 Å². The van der Waals surface area contributed by atoms with E-state index >= 15 is 0 Å². The molecular formula is C12H15F4NO2.